The van der Waals surface area contributed by atoms with Crippen LogP contribution in [0.4, 0.5) is 21.2 Å². The van der Waals surface area contributed by atoms with Crippen molar-refractivity contribution in [1.29, 1.82) is 0 Å². The van der Waals surface area contributed by atoms with Gasteiger partial charge in [0.05, 0.1) is 12.1 Å². The number of anilines is 2. The van der Waals surface area contributed by atoms with Crippen molar-refractivity contribution >= 4 is 47.4 Å². The third kappa shape index (κ3) is 14.3. The maximum absolute atomic E-state index is 12.8. The number of ether oxygens (including phenoxy) is 2. The minimum absolute atomic E-state index is 0. The number of carboxylic acid groups (broad SMARTS) is 1. The first-order valence-corrected chi connectivity index (χ1v) is 25.2. The number of hydrogen-bond acceptors (Lipinski definition) is 15. The predicted molar refractivity (Wildman–Crippen MR) is 287 cm³/mol. The van der Waals surface area contributed by atoms with Crippen LogP contribution in [0.3, 0.4) is 0 Å². The van der Waals surface area contributed by atoms with Gasteiger partial charge in [-0.05, 0) is 140 Å². The van der Waals surface area contributed by atoms with Crippen molar-refractivity contribution in [2.45, 2.75) is 124 Å². The molecular formula is C55H67LiN12O10. The van der Waals surface area contributed by atoms with E-state index >= 15 is 0 Å². The molecule has 6 aromatic rings. The number of nitrogens with zero attached hydrogens (tertiary/aromatic N) is 8. The number of likely N-dealkylation sites (tertiary alicyclic amines) is 2. The zero-order valence-electron chi connectivity index (χ0n) is 45.8. The fraction of sp³-hybridized carbons (Fsp3) is 0.382. The molecular weight excluding hydrogens is 996 g/mol. The number of imidazole rings is 2. The summed E-state index contributed by atoms with van der Waals surface area (Å²) in [7, 11) is 0. The Kier molecular flexibility index (Phi) is 19.8. The average molecular weight is 1060 g/mol. The average Bonchev–Trinajstić information content (AvgIpc) is 4.27. The number of aromatic nitrogens is 6. The molecule has 8 N–H and O–H groups in total. The fourth-order valence-corrected chi connectivity index (χ4v) is 8.92. The quantitative estimate of drug-likeness (QED) is 0.0548. The van der Waals surface area contributed by atoms with E-state index in [0.717, 1.165) is 35.1 Å². The molecule has 2 saturated heterocycles. The maximum atomic E-state index is 12.8. The van der Waals surface area contributed by atoms with Crippen LogP contribution in [0.2, 0.25) is 0 Å². The summed E-state index contributed by atoms with van der Waals surface area (Å²) in [5, 5.41) is 15.5. The van der Waals surface area contributed by atoms with E-state index in [2.05, 4.69) is 25.6 Å². The molecule has 4 amide bonds. The molecule has 2 fully saturated rings. The number of aromatic carboxylic acids is 1. The Hall–Kier alpha value is -8.06. The van der Waals surface area contributed by atoms with Crippen LogP contribution in [0.15, 0.2) is 85.2 Å². The summed E-state index contributed by atoms with van der Waals surface area (Å²) in [6, 6.07) is 19.7. The number of carbonyl (C=O) groups is 6. The number of nitrogen functional groups attached to an aromatic ring is 2. The Morgan fingerprint density at radius 1 is 0.628 bits per heavy atom. The van der Waals surface area contributed by atoms with Crippen LogP contribution in [0.25, 0.3) is 22.5 Å². The summed E-state index contributed by atoms with van der Waals surface area (Å²) in [5.74, 6) is 12.0. The van der Waals surface area contributed by atoms with Gasteiger partial charge in [-0.2, -0.15) is 0 Å². The monoisotopic (exact) mass is 1060 g/mol. The summed E-state index contributed by atoms with van der Waals surface area (Å²) in [6.45, 7) is 17.2. The van der Waals surface area contributed by atoms with E-state index < -0.39 is 41.4 Å². The summed E-state index contributed by atoms with van der Waals surface area (Å²) in [6.07, 6.45) is 6.70. The Bertz CT molecular complexity index is 2940. The van der Waals surface area contributed by atoms with Crippen molar-refractivity contribution in [2.24, 2.45) is 0 Å². The Morgan fingerprint density at radius 3 is 1.35 bits per heavy atom. The van der Waals surface area contributed by atoms with Crippen LogP contribution >= 0.6 is 0 Å². The normalized spacial score (nSPS) is 15.0. The van der Waals surface area contributed by atoms with Crippen LogP contribution in [0.1, 0.15) is 165 Å². The molecule has 0 bridgehead atoms. The SMILES string of the molecule is CCc1ccnc(NC(=O)c2ccc(-c3nc([C@@H]4CCCN4C(=O)OC(C)(C)C)n(N)c3C(=O)O)cc2)c1.CCc1ccnc(NC(=O)c2ccc(-c3nc([C@@H]4CCCN4C(=O)OC(C)(C)C)n(N)c3C(C)=O)cc2)c1.[Li+].[OH-]. The second kappa shape index (κ2) is 25.4. The van der Waals surface area contributed by atoms with Gasteiger partial charge in [-0.1, -0.05) is 38.1 Å². The second-order valence-electron chi connectivity index (χ2n) is 20.5. The summed E-state index contributed by atoms with van der Waals surface area (Å²) >= 11 is 0. The van der Waals surface area contributed by atoms with Crippen LogP contribution in [-0.2, 0) is 22.3 Å². The first-order chi connectivity index (χ1) is 36.0. The second-order valence-corrected chi connectivity index (χ2v) is 20.5. The van der Waals surface area contributed by atoms with Gasteiger partial charge in [0.2, 0.25) is 0 Å². The number of nitrogens with one attached hydrogen (secondary N) is 2. The number of carbonyl (C=O) groups excluding carboxylic acids is 5. The van der Waals surface area contributed by atoms with Crippen LogP contribution in [-0.4, -0.2) is 110 Å². The molecule has 2 aliphatic heterocycles. The number of amides is 4. The number of pyridine rings is 2. The number of aryl methyl sites for hydroxylation is 2. The third-order valence-corrected chi connectivity index (χ3v) is 12.6. The molecule has 78 heavy (non-hydrogen) atoms. The van der Waals surface area contributed by atoms with Gasteiger partial charge in [0, 0.05) is 54.7 Å². The van der Waals surface area contributed by atoms with E-state index in [-0.39, 0.29) is 64.8 Å². The molecule has 0 spiro atoms. The minimum Gasteiger partial charge on any atom is -0.870 e. The molecule has 22 nitrogen and oxygen atoms in total. The van der Waals surface area contributed by atoms with E-state index in [4.69, 9.17) is 26.1 Å². The summed E-state index contributed by atoms with van der Waals surface area (Å²) in [5.41, 5.74) is 3.27. The Morgan fingerprint density at radius 2 is 1.00 bits per heavy atom. The largest absolute Gasteiger partial charge is 1.00 e. The van der Waals surface area contributed by atoms with Crippen LogP contribution in [0, 0.1) is 0 Å². The van der Waals surface area contributed by atoms with Gasteiger partial charge in [-0.15, -0.1) is 0 Å². The topological polar surface area (TPSA) is 315 Å². The molecule has 2 aromatic carbocycles. The predicted octanol–water partition coefficient (Wildman–Crippen LogP) is 5.82. The number of benzene rings is 2. The Balaban J connectivity index is 0.000000280. The van der Waals surface area contributed by atoms with Crippen LogP contribution < -0.4 is 41.2 Å². The number of hydrogen-bond donors (Lipinski definition) is 5. The zero-order valence-corrected chi connectivity index (χ0v) is 45.8. The maximum Gasteiger partial charge on any atom is 1.00 e. The van der Waals surface area contributed by atoms with E-state index in [9.17, 15) is 33.9 Å². The number of carboxylic acids is 1. The summed E-state index contributed by atoms with van der Waals surface area (Å²) < 4.78 is 13.4. The van der Waals surface area contributed by atoms with Crippen molar-refractivity contribution in [2.75, 3.05) is 35.4 Å². The van der Waals surface area contributed by atoms with E-state index in [0.29, 0.717) is 77.8 Å². The van der Waals surface area contributed by atoms with Crippen molar-refractivity contribution in [3.63, 3.8) is 0 Å². The molecule has 0 aliphatic carbocycles. The summed E-state index contributed by atoms with van der Waals surface area (Å²) in [4.78, 5) is 96.7. The third-order valence-electron chi connectivity index (χ3n) is 12.6. The number of nitrogens with two attached hydrogens (primary N) is 2. The van der Waals surface area contributed by atoms with E-state index in [1.54, 1.807) is 86.6 Å². The molecule has 0 radical (unpaired) electrons. The van der Waals surface area contributed by atoms with E-state index in [1.165, 1.54) is 16.5 Å². The first-order valence-electron chi connectivity index (χ1n) is 25.2. The number of Topliss-reactive ketones (excluding diaryl/α,β-unsaturated/α-hetero) is 1. The van der Waals surface area contributed by atoms with Gasteiger partial charge < -0.3 is 42.4 Å². The van der Waals surface area contributed by atoms with Gasteiger partial charge in [0.25, 0.3) is 11.8 Å². The molecule has 2 aliphatic rings. The molecule has 0 saturated carbocycles. The molecule has 408 valence electrons. The number of rotatable bonds is 12. The van der Waals surface area contributed by atoms with Crippen molar-refractivity contribution < 1.29 is 67.7 Å². The fourth-order valence-electron chi connectivity index (χ4n) is 8.92. The smallest absolute Gasteiger partial charge is 0.870 e. The van der Waals surface area contributed by atoms with Crippen molar-refractivity contribution in [1.82, 2.24) is 39.1 Å². The van der Waals surface area contributed by atoms with E-state index in [1.807, 2.05) is 58.9 Å². The minimum atomic E-state index is -1.26. The van der Waals surface area contributed by atoms with Gasteiger partial charge in [-0.25, -0.2) is 43.7 Å². The molecule has 6 heterocycles. The van der Waals surface area contributed by atoms with Gasteiger partial charge >= 0.3 is 37.0 Å². The zero-order chi connectivity index (χ0) is 55.2. The van der Waals surface area contributed by atoms with Gasteiger partial charge in [-0.3, -0.25) is 24.2 Å². The molecule has 2 atom stereocenters. The van der Waals surface area contributed by atoms with Gasteiger partial charge in [0.15, 0.2) is 23.1 Å². The number of ketones is 1. The molecule has 0 unspecified atom stereocenters. The van der Waals surface area contributed by atoms with Crippen molar-refractivity contribution in [3.05, 3.63) is 130 Å². The molecule has 8 rings (SSSR count). The standard InChI is InChI=1S/C28H34N6O4.C27H32N6O5.Li.H2O/c1-6-18-13-14-30-22(16-18)31-26(36)20-11-9-19(10-12-20)23-24(17(2)35)34(29)25(32-23)21-8-7-15-33(21)27(37)38-28(3,4)5;1-5-16-12-13-29-20(15-16)30-24(34)18-10-8-17(9-11-18)21-22(25(35)36)33(28)23(31-21)19-7-6-14-32(19)26(37)38-27(2,3)4;;/h9-14,16,21H,6-8,15,29H2,1-5H3,(H,30,31,36);8-13,15,19H,5-7,14,28H2,1-4H3,(H,35,36)(H,29,30,34);;1H2/q;;+1;/p-1/t21-;19-;;/m00../s1. The van der Waals surface area contributed by atoms with Gasteiger partial charge in [0.1, 0.15) is 39.9 Å². The molecule has 4 aromatic heterocycles. The first kappa shape index (κ1) is 60.8. The van der Waals surface area contributed by atoms with Crippen molar-refractivity contribution in [3.8, 4) is 22.5 Å². The molecule has 23 heteroatoms. The Labute approximate surface area is 464 Å². The van der Waals surface area contributed by atoms with Crippen LogP contribution in [0.5, 0.6) is 0 Å².